The van der Waals surface area contributed by atoms with E-state index in [1.165, 1.54) is 11.0 Å². The highest BCUT2D eigenvalue weighted by atomic mass is 19.1. The zero-order chi connectivity index (χ0) is 23.1. The van der Waals surface area contributed by atoms with Crippen LogP contribution in [0.5, 0.6) is 0 Å². The summed E-state index contributed by atoms with van der Waals surface area (Å²) in [6.45, 7) is 4.79. The van der Waals surface area contributed by atoms with Gasteiger partial charge in [0, 0.05) is 31.3 Å². The van der Waals surface area contributed by atoms with Gasteiger partial charge in [-0.1, -0.05) is 12.1 Å². The van der Waals surface area contributed by atoms with Crippen molar-refractivity contribution in [3.05, 3.63) is 64.2 Å². The van der Waals surface area contributed by atoms with Crippen LogP contribution in [0, 0.1) is 12.7 Å². The van der Waals surface area contributed by atoms with Gasteiger partial charge in [0.05, 0.1) is 5.69 Å². The van der Waals surface area contributed by atoms with Gasteiger partial charge in [-0.2, -0.15) is 0 Å². The van der Waals surface area contributed by atoms with Crippen molar-refractivity contribution in [1.82, 2.24) is 20.1 Å². The second kappa shape index (κ2) is 8.67. The minimum atomic E-state index is -0.687. The number of hydrogen-bond acceptors (Lipinski definition) is 5. The molecule has 1 aromatic heterocycles. The largest absolute Gasteiger partial charge is 0.322 e. The quantitative estimate of drug-likeness (QED) is 0.725. The zero-order valence-corrected chi connectivity index (χ0v) is 18.6. The van der Waals surface area contributed by atoms with Gasteiger partial charge in [-0.3, -0.25) is 29.6 Å². The Bertz CT molecular complexity index is 1110. The molecule has 2 saturated heterocycles. The highest BCUT2D eigenvalue weighted by Gasteiger charge is 2.40. The van der Waals surface area contributed by atoms with E-state index in [1.54, 1.807) is 0 Å². The molecule has 33 heavy (non-hydrogen) atoms. The summed E-state index contributed by atoms with van der Waals surface area (Å²) in [6.07, 6.45) is 4.06. The fourth-order valence-corrected chi connectivity index (χ4v) is 5.14. The number of nitrogens with zero attached hydrogens (tertiary/aromatic N) is 3. The molecule has 5 rings (SSSR count). The summed E-state index contributed by atoms with van der Waals surface area (Å²) >= 11 is 0. The second-order valence-electron chi connectivity index (χ2n) is 9.31. The Morgan fingerprint density at radius 3 is 2.61 bits per heavy atom. The fourth-order valence-electron chi connectivity index (χ4n) is 5.14. The highest BCUT2D eigenvalue weighted by Crippen LogP contribution is 2.35. The van der Waals surface area contributed by atoms with E-state index < -0.39 is 11.9 Å². The molecule has 8 heteroatoms. The van der Waals surface area contributed by atoms with Crippen molar-refractivity contribution < 1.29 is 18.8 Å². The molecule has 2 aromatic rings. The lowest BCUT2D eigenvalue weighted by Gasteiger charge is -2.32. The van der Waals surface area contributed by atoms with E-state index in [2.05, 4.69) is 21.3 Å². The summed E-state index contributed by atoms with van der Waals surface area (Å²) in [5, 5.41) is 2.30. The van der Waals surface area contributed by atoms with Crippen LogP contribution in [0.25, 0.3) is 0 Å². The van der Waals surface area contributed by atoms with Crippen molar-refractivity contribution in [2.45, 2.75) is 57.7 Å². The minimum Gasteiger partial charge on any atom is -0.322 e. The van der Waals surface area contributed by atoms with Crippen LogP contribution in [0.1, 0.15) is 64.3 Å². The topological polar surface area (TPSA) is 82.6 Å². The molecule has 1 aromatic carbocycles. The first-order valence-electron chi connectivity index (χ1n) is 11.5. The number of halogens is 1. The summed E-state index contributed by atoms with van der Waals surface area (Å²) in [5.74, 6) is -1.38. The van der Waals surface area contributed by atoms with E-state index in [0.717, 1.165) is 49.3 Å². The molecule has 1 unspecified atom stereocenters. The summed E-state index contributed by atoms with van der Waals surface area (Å²) in [6, 6.07) is 6.58. The SMILES string of the molecule is Cc1ccc(CN2CCC(c3cc4c(cc3F)C(=O)N(C3CCC(=O)NC3=O)C4)CC2)nc1. The molecule has 3 amide bonds. The van der Waals surface area contributed by atoms with Gasteiger partial charge in [0.15, 0.2) is 0 Å². The molecule has 0 radical (unpaired) electrons. The Labute approximate surface area is 192 Å². The molecule has 0 aliphatic carbocycles. The number of nitrogens with one attached hydrogen (secondary N) is 1. The average molecular weight is 451 g/mol. The fraction of sp³-hybridized carbons (Fsp3) is 0.440. The third-order valence-electron chi connectivity index (χ3n) is 7.03. The normalized spacial score (nSPS) is 21.9. The number of imide groups is 1. The maximum Gasteiger partial charge on any atom is 0.255 e. The molecule has 2 fully saturated rings. The number of carbonyl (C=O) groups is 3. The van der Waals surface area contributed by atoms with E-state index in [-0.39, 0.29) is 36.5 Å². The van der Waals surface area contributed by atoms with E-state index in [4.69, 9.17) is 0 Å². The van der Waals surface area contributed by atoms with Crippen LogP contribution in [-0.2, 0) is 22.7 Å². The van der Waals surface area contributed by atoms with Gasteiger partial charge in [-0.05, 0) is 74.0 Å². The van der Waals surface area contributed by atoms with E-state index in [1.807, 2.05) is 25.3 Å². The number of rotatable bonds is 4. The summed E-state index contributed by atoms with van der Waals surface area (Å²) in [5.41, 5.74) is 3.91. The molecular weight excluding hydrogens is 423 g/mol. The van der Waals surface area contributed by atoms with Crippen LogP contribution in [0.3, 0.4) is 0 Å². The van der Waals surface area contributed by atoms with Crippen LogP contribution < -0.4 is 5.32 Å². The Balaban J connectivity index is 1.26. The van der Waals surface area contributed by atoms with E-state index in [0.29, 0.717) is 17.5 Å². The van der Waals surface area contributed by atoms with Gasteiger partial charge in [-0.25, -0.2) is 4.39 Å². The number of aromatic nitrogens is 1. The van der Waals surface area contributed by atoms with Crippen LogP contribution in [0.2, 0.25) is 0 Å². The van der Waals surface area contributed by atoms with Crippen LogP contribution in [0.4, 0.5) is 4.39 Å². The third kappa shape index (κ3) is 4.27. The number of piperidine rings is 2. The van der Waals surface area contributed by atoms with Crippen LogP contribution in [0.15, 0.2) is 30.5 Å². The van der Waals surface area contributed by atoms with Gasteiger partial charge in [0.25, 0.3) is 5.91 Å². The first-order chi connectivity index (χ1) is 15.9. The molecule has 4 heterocycles. The molecule has 0 saturated carbocycles. The third-order valence-corrected chi connectivity index (χ3v) is 7.03. The van der Waals surface area contributed by atoms with Crippen molar-refractivity contribution in [1.29, 1.82) is 0 Å². The van der Waals surface area contributed by atoms with Gasteiger partial charge in [-0.15, -0.1) is 0 Å². The smallest absolute Gasteiger partial charge is 0.255 e. The van der Waals surface area contributed by atoms with Crippen molar-refractivity contribution >= 4 is 17.7 Å². The maximum atomic E-state index is 15.1. The van der Waals surface area contributed by atoms with Gasteiger partial charge >= 0.3 is 0 Å². The van der Waals surface area contributed by atoms with Crippen molar-refractivity contribution in [2.75, 3.05) is 13.1 Å². The highest BCUT2D eigenvalue weighted by molar-refractivity contribution is 6.05. The molecule has 0 spiro atoms. The summed E-state index contributed by atoms with van der Waals surface area (Å²) in [4.78, 5) is 44.9. The lowest BCUT2D eigenvalue weighted by molar-refractivity contribution is -0.136. The number of hydrogen-bond donors (Lipinski definition) is 1. The minimum absolute atomic E-state index is 0.0947. The first-order valence-corrected chi connectivity index (χ1v) is 11.5. The molecule has 172 valence electrons. The number of amides is 3. The molecule has 7 nitrogen and oxygen atoms in total. The number of fused-ring (bicyclic) bond motifs is 1. The Morgan fingerprint density at radius 1 is 1.12 bits per heavy atom. The van der Waals surface area contributed by atoms with E-state index in [9.17, 15) is 14.4 Å². The predicted molar refractivity (Wildman–Crippen MR) is 119 cm³/mol. The van der Waals surface area contributed by atoms with Gasteiger partial charge in [0.1, 0.15) is 11.9 Å². The Morgan fingerprint density at radius 2 is 1.91 bits per heavy atom. The van der Waals surface area contributed by atoms with Gasteiger partial charge in [0.2, 0.25) is 11.8 Å². The number of aryl methyl sites for hydroxylation is 1. The molecule has 0 bridgehead atoms. The van der Waals surface area contributed by atoms with Crippen LogP contribution >= 0.6 is 0 Å². The lowest BCUT2D eigenvalue weighted by atomic mass is 9.87. The molecule has 1 atom stereocenters. The summed E-state index contributed by atoms with van der Waals surface area (Å²) < 4.78 is 15.1. The second-order valence-corrected chi connectivity index (χ2v) is 9.31. The predicted octanol–water partition coefficient (Wildman–Crippen LogP) is 2.67. The zero-order valence-electron chi connectivity index (χ0n) is 18.6. The number of carbonyl (C=O) groups excluding carboxylic acids is 3. The molecular formula is C25H27FN4O3. The Kier molecular flexibility index (Phi) is 5.70. The van der Waals surface area contributed by atoms with Crippen molar-refractivity contribution in [2.24, 2.45) is 0 Å². The lowest BCUT2D eigenvalue weighted by Crippen LogP contribution is -2.52. The number of likely N-dealkylation sites (tertiary alicyclic amines) is 1. The van der Waals surface area contributed by atoms with Crippen molar-refractivity contribution in [3.8, 4) is 0 Å². The molecule has 3 aliphatic rings. The standard InChI is InChI=1S/C25H27FN4O3/c1-15-2-3-18(27-12-15)14-29-8-6-16(7-9-29)19-10-17-13-30(25(33)20(17)11-21(19)26)22-4-5-23(31)28-24(22)32/h2-3,10-12,16,22H,4-9,13-14H2,1H3,(H,28,31,32). The average Bonchev–Trinajstić information content (AvgIpc) is 3.11. The van der Waals surface area contributed by atoms with E-state index >= 15 is 4.39 Å². The first kappa shape index (κ1) is 21.7. The van der Waals surface area contributed by atoms with Crippen LogP contribution in [-0.4, -0.2) is 51.6 Å². The summed E-state index contributed by atoms with van der Waals surface area (Å²) in [7, 11) is 0. The number of benzene rings is 1. The number of pyridine rings is 1. The van der Waals surface area contributed by atoms with Gasteiger partial charge < -0.3 is 4.90 Å². The maximum absolute atomic E-state index is 15.1. The van der Waals surface area contributed by atoms with Crippen molar-refractivity contribution in [3.63, 3.8) is 0 Å². The molecule has 1 N–H and O–H groups in total. The molecule has 3 aliphatic heterocycles. The Hall–Kier alpha value is -3.13. The monoisotopic (exact) mass is 450 g/mol.